The first kappa shape index (κ1) is 23.7. The van der Waals surface area contributed by atoms with E-state index in [4.69, 9.17) is 4.98 Å². The molecular formula is C29H32FN3O. The minimum Gasteiger partial charge on any atom is -0.331 e. The molecule has 0 saturated heterocycles. The van der Waals surface area contributed by atoms with Crippen molar-refractivity contribution in [1.82, 2.24) is 14.5 Å². The van der Waals surface area contributed by atoms with Gasteiger partial charge in [0, 0.05) is 13.1 Å². The van der Waals surface area contributed by atoms with Crippen LogP contribution in [0.2, 0.25) is 0 Å². The summed E-state index contributed by atoms with van der Waals surface area (Å²) in [6.07, 6.45) is 2.93. The third kappa shape index (κ3) is 5.04. The van der Waals surface area contributed by atoms with Crippen LogP contribution < -0.4 is 0 Å². The van der Waals surface area contributed by atoms with Gasteiger partial charge in [-0.3, -0.25) is 4.79 Å². The van der Waals surface area contributed by atoms with Gasteiger partial charge in [-0.2, -0.15) is 0 Å². The Hall–Kier alpha value is -3.47. The van der Waals surface area contributed by atoms with Crippen LogP contribution in [0.4, 0.5) is 4.39 Å². The maximum absolute atomic E-state index is 14.8. The lowest BCUT2D eigenvalue weighted by atomic mass is 10.1. The van der Waals surface area contributed by atoms with Crippen molar-refractivity contribution in [2.75, 3.05) is 6.54 Å². The number of aromatic nitrogens is 2. The number of benzene rings is 3. The van der Waals surface area contributed by atoms with E-state index in [2.05, 4.69) is 36.6 Å². The second-order valence-electron chi connectivity index (χ2n) is 8.90. The molecule has 0 aliphatic heterocycles. The van der Waals surface area contributed by atoms with E-state index in [1.807, 2.05) is 30.3 Å². The molecule has 0 N–H and O–H groups in total. The number of amides is 1. The van der Waals surface area contributed by atoms with Gasteiger partial charge in [-0.25, -0.2) is 9.37 Å². The highest BCUT2D eigenvalue weighted by molar-refractivity contribution is 5.94. The average Bonchev–Trinajstić information content (AvgIpc) is 3.18. The predicted molar refractivity (Wildman–Crippen MR) is 135 cm³/mol. The summed E-state index contributed by atoms with van der Waals surface area (Å²) in [5.74, 6) is 0.0792. The zero-order chi connectivity index (χ0) is 24.1. The zero-order valence-electron chi connectivity index (χ0n) is 20.2. The summed E-state index contributed by atoms with van der Waals surface area (Å²) in [5, 5.41) is 0. The number of imidazole rings is 1. The molecule has 0 aliphatic carbocycles. The monoisotopic (exact) mass is 457 g/mol. The molecule has 0 saturated carbocycles. The number of carbonyl (C=O) groups is 1. The summed E-state index contributed by atoms with van der Waals surface area (Å²) < 4.78 is 17.0. The maximum Gasteiger partial charge on any atom is 0.257 e. The number of hydrogen-bond donors (Lipinski definition) is 0. The number of carbonyl (C=O) groups excluding carboxylic acids is 1. The topological polar surface area (TPSA) is 38.1 Å². The minimum absolute atomic E-state index is 0.123. The van der Waals surface area contributed by atoms with Crippen molar-refractivity contribution in [2.24, 2.45) is 0 Å². The van der Waals surface area contributed by atoms with E-state index in [-0.39, 0.29) is 11.5 Å². The van der Waals surface area contributed by atoms with Crippen LogP contribution in [-0.2, 0) is 13.1 Å². The van der Waals surface area contributed by atoms with E-state index in [9.17, 15) is 9.18 Å². The van der Waals surface area contributed by atoms with Crippen LogP contribution >= 0.6 is 0 Å². The summed E-state index contributed by atoms with van der Waals surface area (Å²) in [6.45, 7) is 7.49. The molecule has 4 nitrogen and oxygen atoms in total. The van der Waals surface area contributed by atoms with Gasteiger partial charge in [-0.15, -0.1) is 0 Å². The lowest BCUT2D eigenvalue weighted by Gasteiger charge is -2.24. The highest BCUT2D eigenvalue weighted by Gasteiger charge is 2.23. The number of fused-ring (bicyclic) bond motifs is 1. The summed E-state index contributed by atoms with van der Waals surface area (Å²) in [6, 6.07) is 21.4. The van der Waals surface area contributed by atoms with Crippen LogP contribution in [0.15, 0.2) is 66.7 Å². The standard InChI is InChI=1S/C29H32FN3O/c1-4-5-10-18-32(29(34)24-15-11-13-22(3)28(24)30)20-27-31-25-16-8-9-17-26(25)33(27)19-23-14-7-6-12-21(23)2/h6-9,11-17H,4-5,10,18-20H2,1-3H3. The van der Waals surface area contributed by atoms with E-state index in [1.54, 1.807) is 30.0 Å². The fourth-order valence-electron chi connectivity index (χ4n) is 4.34. The first-order chi connectivity index (χ1) is 16.5. The highest BCUT2D eigenvalue weighted by Crippen LogP contribution is 2.22. The molecule has 0 spiro atoms. The number of hydrogen-bond acceptors (Lipinski definition) is 2. The first-order valence-electron chi connectivity index (χ1n) is 12.0. The fourth-order valence-corrected chi connectivity index (χ4v) is 4.34. The summed E-state index contributed by atoms with van der Waals surface area (Å²) in [7, 11) is 0. The molecule has 5 heteroatoms. The fraction of sp³-hybridized carbons (Fsp3) is 0.310. The Morgan fingerprint density at radius 3 is 2.47 bits per heavy atom. The largest absolute Gasteiger partial charge is 0.331 e. The zero-order valence-corrected chi connectivity index (χ0v) is 20.2. The van der Waals surface area contributed by atoms with Gasteiger partial charge in [-0.1, -0.05) is 68.3 Å². The number of nitrogens with zero attached hydrogens (tertiary/aromatic N) is 3. The van der Waals surface area contributed by atoms with E-state index < -0.39 is 5.82 Å². The smallest absolute Gasteiger partial charge is 0.257 e. The molecule has 3 aromatic carbocycles. The van der Waals surface area contributed by atoms with Gasteiger partial charge in [0.25, 0.3) is 5.91 Å². The van der Waals surface area contributed by atoms with Gasteiger partial charge in [-0.05, 0) is 55.2 Å². The van der Waals surface area contributed by atoms with Crippen molar-refractivity contribution >= 4 is 16.9 Å². The second kappa shape index (κ2) is 10.6. The molecule has 1 aromatic heterocycles. The van der Waals surface area contributed by atoms with Crippen molar-refractivity contribution < 1.29 is 9.18 Å². The van der Waals surface area contributed by atoms with Crippen LogP contribution in [0.1, 0.15) is 59.1 Å². The Labute approximate surface area is 201 Å². The van der Waals surface area contributed by atoms with Crippen LogP contribution in [-0.4, -0.2) is 26.9 Å². The third-order valence-electron chi connectivity index (χ3n) is 6.40. The van der Waals surface area contributed by atoms with Gasteiger partial charge in [0.1, 0.15) is 11.6 Å². The van der Waals surface area contributed by atoms with E-state index >= 15 is 0 Å². The Bertz CT molecular complexity index is 1290. The van der Waals surface area contributed by atoms with Crippen molar-refractivity contribution in [2.45, 2.75) is 53.1 Å². The molecular weight excluding hydrogens is 425 g/mol. The molecule has 0 atom stereocenters. The molecule has 1 amide bonds. The minimum atomic E-state index is -0.443. The SMILES string of the molecule is CCCCCN(Cc1nc2ccccc2n1Cc1ccccc1C)C(=O)c1cccc(C)c1F. The van der Waals surface area contributed by atoms with Gasteiger partial charge in [0.15, 0.2) is 0 Å². The quantitative estimate of drug-likeness (QED) is 0.263. The molecule has 0 radical (unpaired) electrons. The normalized spacial score (nSPS) is 11.2. The molecule has 176 valence electrons. The van der Waals surface area contributed by atoms with Crippen LogP contribution in [0.5, 0.6) is 0 Å². The maximum atomic E-state index is 14.8. The predicted octanol–water partition coefficient (Wildman–Crippen LogP) is 6.67. The first-order valence-corrected chi connectivity index (χ1v) is 12.0. The number of para-hydroxylation sites is 2. The Morgan fingerprint density at radius 1 is 0.941 bits per heavy atom. The van der Waals surface area contributed by atoms with Gasteiger partial charge in [0.2, 0.25) is 0 Å². The second-order valence-corrected chi connectivity index (χ2v) is 8.90. The number of unbranched alkanes of at least 4 members (excludes halogenated alkanes) is 2. The van der Waals surface area contributed by atoms with Crippen molar-refractivity contribution in [3.63, 3.8) is 0 Å². The van der Waals surface area contributed by atoms with Gasteiger partial charge < -0.3 is 9.47 Å². The molecule has 4 rings (SSSR count). The lowest BCUT2D eigenvalue weighted by Crippen LogP contribution is -2.33. The van der Waals surface area contributed by atoms with Crippen LogP contribution in [0.25, 0.3) is 11.0 Å². The van der Waals surface area contributed by atoms with Gasteiger partial charge >= 0.3 is 0 Å². The number of rotatable bonds is 9. The Morgan fingerprint density at radius 2 is 1.68 bits per heavy atom. The molecule has 4 aromatic rings. The van der Waals surface area contributed by atoms with E-state index in [1.165, 1.54) is 11.1 Å². The molecule has 34 heavy (non-hydrogen) atoms. The third-order valence-corrected chi connectivity index (χ3v) is 6.40. The summed E-state index contributed by atoms with van der Waals surface area (Å²) in [5.41, 5.74) is 4.95. The molecule has 1 heterocycles. The van der Waals surface area contributed by atoms with E-state index in [0.717, 1.165) is 36.1 Å². The summed E-state index contributed by atoms with van der Waals surface area (Å²) >= 11 is 0. The average molecular weight is 458 g/mol. The Balaban J connectivity index is 1.72. The van der Waals surface area contributed by atoms with Crippen LogP contribution in [0, 0.1) is 19.7 Å². The molecule has 0 unspecified atom stereocenters. The number of aryl methyl sites for hydroxylation is 2. The summed E-state index contributed by atoms with van der Waals surface area (Å²) in [4.78, 5) is 20.2. The van der Waals surface area contributed by atoms with Crippen LogP contribution in [0.3, 0.4) is 0 Å². The molecule has 0 aliphatic rings. The van der Waals surface area contributed by atoms with Crippen molar-refractivity contribution in [3.05, 3.63) is 101 Å². The van der Waals surface area contributed by atoms with Crippen molar-refractivity contribution in [1.29, 1.82) is 0 Å². The Kier molecular flexibility index (Phi) is 7.41. The van der Waals surface area contributed by atoms with E-state index in [0.29, 0.717) is 25.2 Å². The van der Waals surface area contributed by atoms with Gasteiger partial charge in [0.05, 0.1) is 23.1 Å². The number of halogens is 1. The van der Waals surface area contributed by atoms with Crippen molar-refractivity contribution in [3.8, 4) is 0 Å². The lowest BCUT2D eigenvalue weighted by molar-refractivity contribution is 0.0729. The molecule has 0 bridgehead atoms. The highest BCUT2D eigenvalue weighted by atomic mass is 19.1. The molecule has 0 fully saturated rings.